The lowest BCUT2D eigenvalue weighted by atomic mass is 10.1. The number of hydrogen-bond acceptors (Lipinski definition) is 5. The van der Waals surface area contributed by atoms with Crippen LogP contribution in [0.5, 0.6) is 0 Å². The first-order valence-corrected chi connectivity index (χ1v) is 12.2. The molecule has 0 bridgehead atoms. The first-order valence-electron chi connectivity index (χ1n) is 11.3. The molecule has 2 aliphatic heterocycles. The van der Waals surface area contributed by atoms with Gasteiger partial charge in [-0.05, 0) is 54.1 Å². The van der Waals surface area contributed by atoms with Crippen LogP contribution in [0.2, 0.25) is 0 Å². The van der Waals surface area contributed by atoms with Crippen LogP contribution >= 0.6 is 11.3 Å². The lowest BCUT2D eigenvalue weighted by Gasteiger charge is -2.36. The number of piperazine rings is 1. The van der Waals surface area contributed by atoms with Gasteiger partial charge < -0.3 is 4.90 Å². The molecule has 0 spiro atoms. The maximum Gasteiger partial charge on any atom is 0.282 e. The van der Waals surface area contributed by atoms with Gasteiger partial charge >= 0.3 is 0 Å². The van der Waals surface area contributed by atoms with E-state index in [0.29, 0.717) is 17.0 Å². The van der Waals surface area contributed by atoms with Gasteiger partial charge in [0, 0.05) is 37.6 Å². The maximum absolute atomic E-state index is 13.7. The second-order valence-corrected chi connectivity index (χ2v) is 9.61. The summed E-state index contributed by atoms with van der Waals surface area (Å²) in [6, 6.07) is 20.1. The number of nitrogens with zero attached hydrogens (tertiary/aromatic N) is 3. The van der Waals surface area contributed by atoms with Crippen LogP contribution in [-0.2, 0) is 16.1 Å². The average Bonchev–Trinajstić information content (AvgIpc) is 3.43. The normalized spacial score (nSPS) is 17.4. The van der Waals surface area contributed by atoms with E-state index in [1.54, 1.807) is 0 Å². The number of carbonyl (C=O) groups is 2. The van der Waals surface area contributed by atoms with Crippen molar-refractivity contribution in [2.75, 3.05) is 31.1 Å². The first-order chi connectivity index (χ1) is 16.0. The van der Waals surface area contributed by atoms with Crippen molar-refractivity contribution >= 4 is 34.4 Å². The minimum atomic E-state index is -0.229. The zero-order valence-corrected chi connectivity index (χ0v) is 19.8. The molecule has 3 heterocycles. The average molecular weight is 458 g/mol. The summed E-state index contributed by atoms with van der Waals surface area (Å²) in [6.45, 7) is 8.07. The second kappa shape index (κ2) is 8.96. The molecule has 33 heavy (non-hydrogen) atoms. The number of carbonyl (C=O) groups excluding carboxylic acids is 2. The van der Waals surface area contributed by atoms with E-state index in [0.717, 1.165) is 48.7 Å². The molecular weight excluding hydrogens is 430 g/mol. The molecule has 3 aromatic rings. The minimum Gasteiger partial charge on any atom is -0.364 e. The Hall–Kier alpha value is -3.22. The Balaban J connectivity index is 1.42. The minimum absolute atomic E-state index is 0.219. The molecule has 1 aromatic heterocycles. The van der Waals surface area contributed by atoms with Gasteiger partial charge in [-0.2, -0.15) is 0 Å². The highest BCUT2D eigenvalue weighted by Gasteiger charge is 2.43. The lowest BCUT2D eigenvalue weighted by molar-refractivity contribution is -0.120. The number of anilines is 1. The topological polar surface area (TPSA) is 43.9 Å². The zero-order chi connectivity index (χ0) is 22.9. The molecule has 5 nitrogen and oxygen atoms in total. The standard InChI is InChI=1S/C27H27N3O2S/c1-19-10-11-22(17-20(19)2)30-26(31)24(23-9-6-16-33-23)25(27(30)32)29-14-12-28(13-15-29)18-21-7-4-3-5-8-21/h3-11,16-17H,12-15,18H2,1-2H3. The second-order valence-electron chi connectivity index (χ2n) is 8.66. The highest BCUT2D eigenvalue weighted by molar-refractivity contribution is 7.11. The highest BCUT2D eigenvalue weighted by atomic mass is 32.1. The number of amides is 2. The first kappa shape index (κ1) is 21.6. The van der Waals surface area contributed by atoms with Crippen LogP contribution in [0, 0.1) is 13.8 Å². The van der Waals surface area contributed by atoms with E-state index in [4.69, 9.17) is 0 Å². The number of imide groups is 1. The Morgan fingerprint density at radius 2 is 1.58 bits per heavy atom. The van der Waals surface area contributed by atoms with Gasteiger partial charge in [0.05, 0.1) is 11.3 Å². The third kappa shape index (κ3) is 4.12. The van der Waals surface area contributed by atoms with E-state index in [9.17, 15) is 9.59 Å². The van der Waals surface area contributed by atoms with Gasteiger partial charge in [-0.25, -0.2) is 4.90 Å². The van der Waals surface area contributed by atoms with Crippen molar-refractivity contribution < 1.29 is 9.59 Å². The van der Waals surface area contributed by atoms with Gasteiger partial charge in [0.15, 0.2) is 0 Å². The lowest BCUT2D eigenvalue weighted by Crippen LogP contribution is -2.47. The third-order valence-electron chi connectivity index (χ3n) is 6.51. The van der Waals surface area contributed by atoms with Crippen LogP contribution in [0.3, 0.4) is 0 Å². The summed E-state index contributed by atoms with van der Waals surface area (Å²) in [5.74, 6) is -0.449. The van der Waals surface area contributed by atoms with Crippen molar-refractivity contribution in [2.45, 2.75) is 20.4 Å². The molecular formula is C27H27N3O2S. The number of aryl methyl sites for hydroxylation is 2. The summed E-state index contributed by atoms with van der Waals surface area (Å²) in [4.78, 5) is 34.0. The van der Waals surface area contributed by atoms with E-state index in [2.05, 4.69) is 34.1 Å². The van der Waals surface area contributed by atoms with Crippen molar-refractivity contribution in [3.05, 3.63) is 93.3 Å². The van der Waals surface area contributed by atoms with Gasteiger partial charge in [-0.3, -0.25) is 14.5 Å². The fourth-order valence-electron chi connectivity index (χ4n) is 4.52. The molecule has 0 aliphatic carbocycles. The highest BCUT2D eigenvalue weighted by Crippen LogP contribution is 2.37. The molecule has 2 aromatic carbocycles. The molecule has 0 atom stereocenters. The number of thiophene rings is 1. The van der Waals surface area contributed by atoms with Gasteiger partial charge in [0.1, 0.15) is 5.70 Å². The van der Waals surface area contributed by atoms with Crippen molar-refractivity contribution in [1.29, 1.82) is 0 Å². The zero-order valence-electron chi connectivity index (χ0n) is 19.0. The molecule has 1 saturated heterocycles. The summed E-state index contributed by atoms with van der Waals surface area (Å²) in [7, 11) is 0. The van der Waals surface area contributed by atoms with Gasteiger partial charge in [-0.15, -0.1) is 11.3 Å². The Morgan fingerprint density at radius 3 is 2.24 bits per heavy atom. The molecule has 168 valence electrons. The van der Waals surface area contributed by atoms with Crippen LogP contribution < -0.4 is 4.90 Å². The summed E-state index contributed by atoms with van der Waals surface area (Å²) in [6.07, 6.45) is 0. The number of rotatable bonds is 5. The van der Waals surface area contributed by atoms with Gasteiger partial charge in [0.25, 0.3) is 11.8 Å². The van der Waals surface area contributed by atoms with E-state index in [1.807, 2.05) is 55.6 Å². The summed E-state index contributed by atoms with van der Waals surface area (Å²) < 4.78 is 0. The van der Waals surface area contributed by atoms with Crippen LogP contribution in [0.15, 0.2) is 71.7 Å². The molecule has 0 N–H and O–H groups in total. The SMILES string of the molecule is Cc1ccc(N2C(=O)C(c3cccs3)=C(N3CCN(Cc4ccccc4)CC3)C2=O)cc1C. The predicted octanol–water partition coefficient (Wildman–Crippen LogP) is 4.47. The molecule has 5 rings (SSSR count). The monoisotopic (exact) mass is 457 g/mol. The Kier molecular flexibility index (Phi) is 5.87. The molecule has 1 fully saturated rings. The Labute approximate surface area is 198 Å². The molecule has 0 radical (unpaired) electrons. The van der Waals surface area contributed by atoms with Crippen LogP contribution in [0.25, 0.3) is 5.57 Å². The molecule has 6 heteroatoms. The van der Waals surface area contributed by atoms with Gasteiger partial charge in [-0.1, -0.05) is 42.5 Å². The fourth-order valence-corrected chi connectivity index (χ4v) is 5.29. The predicted molar refractivity (Wildman–Crippen MR) is 133 cm³/mol. The summed E-state index contributed by atoms with van der Waals surface area (Å²) in [5.41, 5.74) is 5.20. The van der Waals surface area contributed by atoms with E-state index in [-0.39, 0.29) is 11.8 Å². The van der Waals surface area contributed by atoms with Crippen molar-refractivity contribution in [2.24, 2.45) is 0 Å². The number of hydrogen-bond donors (Lipinski definition) is 0. The van der Waals surface area contributed by atoms with Crippen LogP contribution in [0.4, 0.5) is 5.69 Å². The fraction of sp³-hybridized carbons (Fsp3) is 0.259. The van der Waals surface area contributed by atoms with E-state index in [1.165, 1.54) is 21.8 Å². The Morgan fingerprint density at radius 1 is 0.818 bits per heavy atom. The molecule has 2 aliphatic rings. The smallest absolute Gasteiger partial charge is 0.282 e. The summed E-state index contributed by atoms with van der Waals surface area (Å²) >= 11 is 1.50. The van der Waals surface area contributed by atoms with Crippen LogP contribution in [0.1, 0.15) is 21.6 Å². The molecule has 0 saturated carbocycles. The summed E-state index contributed by atoms with van der Waals surface area (Å²) in [5, 5.41) is 1.95. The van der Waals surface area contributed by atoms with Crippen molar-refractivity contribution in [1.82, 2.24) is 9.80 Å². The largest absolute Gasteiger partial charge is 0.364 e. The molecule has 2 amide bonds. The van der Waals surface area contributed by atoms with E-state index < -0.39 is 0 Å². The molecule has 0 unspecified atom stereocenters. The third-order valence-corrected chi connectivity index (χ3v) is 7.40. The van der Waals surface area contributed by atoms with Crippen molar-refractivity contribution in [3.8, 4) is 0 Å². The maximum atomic E-state index is 13.7. The van der Waals surface area contributed by atoms with Crippen LogP contribution in [-0.4, -0.2) is 47.8 Å². The number of benzene rings is 2. The van der Waals surface area contributed by atoms with E-state index >= 15 is 0 Å². The van der Waals surface area contributed by atoms with Gasteiger partial charge in [0.2, 0.25) is 0 Å². The quantitative estimate of drug-likeness (QED) is 0.531. The van der Waals surface area contributed by atoms with Crippen molar-refractivity contribution in [3.63, 3.8) is 0 Å². The Bertz CT molecular complexity index is 1210.